The summed E-state index contributed by atoms with van der Waals surface area (Å²) in [5.74, 6) is -0.165. The van der Waals surface area contributed by atoms with Crippen LogP contribution in [0.5, 0.6) is 0 Å². The van der Waals surface area contributed by atoms with Gasteiger partial charge in [-0.05, 0) is 42.5 Å². The minimum absolute atomic E-state index is 0.165. The second kappa shape index (κ2) is 6.68. The molecule has 0 saturated carbocycles. The van der Waals surface area contributed by atoms with Gasteiger partial charge in [0, 0.05) is 25.0 Å². The molecule has 3 aromatic heterocycles. The summed E-state index contributed by atoms with van der Waals surface area (Å²) >= 11 is 0. The van der Waals surface area contributed by atoms with E-state index in [9.17, 15) is 4.79 Å². The Morgan fingerprint density at radius 2 is 1.42 bits per heavy atom. The van der Waals surface area contributed by atoms with Gasteiger partial charge in [0.2, 0.25) is 0 Å². The van der Waals surface area contributed by atoms with E-state index in [2.05, 4.69) is 15.3 Å². The number of benzene rings is 1. The Kier molecular flexibility index (Phi) is 4.07. The van der Waals surface area contributed by atoms with Gasteiger partial charge < -0.3 is 5.32 Å². The van der Waals surface area contributed by atoms with E-state index < -0.39 is 0 Å². The van der Waals surface area contributed by atoms with Crippen molar-refractivity contribution in [2.24, 2.45) is 0 Å². The van der Waals surface area contributed by atoms with Crippen LogP contribution in [0.2, 0.25) is 0 Å². The van der Waals surface area contributed by atoms with Crippen LogP contribution in [0, 0.1) is 0 Å². The van der Waals surface area contributed by atoms with Crippen molar-refractivity contribution >= 4 is 16.9 Å². The van der Waals surface area contributed by atoms with Crippen LogP contribution in [0.1, 0.15) is 10.4 Å². The summed E-state index contributed by atoms with van der Waals surface area (Å²) in [6.07, 6.45) is 3.43. The van der Waals surface area contributed by atoms with Gasteiger partial charge in [0.15, 0.2) is 0 Å². The molecule has 4 rings (SSSR count). The number of hydrogen-bond donors (Lipinski definition) is 1. The molecule has 0 aliphatic heterocycles. The zero-order valence-corrected chi connectivity index (χ0v) is 14.0. The molecule has 1 aromatic carbocycles. The van der Waals surface area contributed by atoms with E-state index in [-0.39, 0.29) is 5.91 Å². The van der Waals surface area contributed by atoms with Crippen LogP contribution in [-0.2, 0) is 0 Å². The minimum atomic E-state index is -0.165. The van der Waals surface area contributed by atoms with Gasteiger partial charge in [-0.3, -0.25) is 14.8 Å². The Morgan fingerprint density at radius 1 is 0.808 bits per heavy atom. The lowest BCUT2D eigenvalue weighted by atomic mass is 10.1. The van der Waals surface area contributed by atoms with Gasteiger partial charge >= 0.3 is 0 Å². The molecule has 126 valence electrons. The van der Waals surface area contributed by atoms with E-state index in [0.29, 0.717) is 33.7 Å². The third-order valence-electron chi connectivity index (χ3n) is 3.97. The SMILES string of the molecule is CNC(=O)c1ccc2nc(-c3ccccn3)c(-c3ccccn3)nc2c1. The predicted octanol–water partition coefficient (Wildman–Crippen LogP) is 3.11. The highest BCUT2D eigenvalue weighted by atomic mass is 16.1. The highest BCUT2D eigenvalue weighted by Crippen LogP contribution is 2.28. The number of nitrogens with zero attached hydrogens (tertiary/aromatic N) is 4. The Balaban J connectivity index is 1.98. The molecule has 26 heavy (non-hydrogen) atoms. The Bertz CT molecular complexity index is 1080. The van der Waals surface area contributed by atoms with E-state index in [0.717, 1.165) is 5.69 Å². The number of carbonyl (C=O) groups is 1. The minimum Gasteiger partial charge on any atom is -0.355 e. The maximum atomic E-state index is 11.9. The molecule has 0 radical (unpaired) electrons. The van der Waals surface area contributed by atoms with Crippen molar-refractivity contribution in [1.29, 1.82) is 0 Å². The zero-order valence-electron chi connectivity index (χ0n) is 14.0. The third-order valence-corrected chi connectivity index (χ3v) is 3.97. The third kappa shape index (κ3) is 2.88. The zero-order chi connectivity index (χ0) is 17.9. The lowest BCUT2D eigenvalue weighted by molar-refractivity contribution is 0.0963. The van der Waals surface area contributed by atoms with E-state index >= 15 is 0 Å². The molecule has 0 saturated heterocycles. The van der Waals surface area contributed by atoms with Gasteiger partial charge in [-0.25, -0.2) is 9.97 Å². The molecule has 0 fully saturated rings. The van der Waals surface area contributed by atoms with Crippen LogP contribution in [0.15, 0.2) is 67.0 Å². The summed E-state index contributed by atoms with van der Waals surface area (Å²) < 4.78 is 0. The van der Waals surface area contributed by atoms with Gasteiger partial charge in [-0.2, -0.15) is 0 Å². The Morgan fingerprint density at radius 3 is 1.96 bits per heavy atom. The number of carbonyl (C=O) groups excluding carboxylic acids is 1. The average molecular weight is 341 g/mol. The highest BCUT2D eigenvalue weighted by Gasteiger charge is 2.15. The van der Waals surface area contributed by atoms with Gasteiger partial charge in [-0.1, -0.05) is 12.1 Å². The first-order valence-electron chi connectivity index (χ1n) is 8.13. The molecule has 0 aliphatic rings. The van der Waals surface area contributed by atoms with Crippen molar-refractivity contribution in [3.63, 3.8) is 0 Å². The number of aromatic nitrogens is 4. The fourth-order valence-electron chi connectivity index (χ4n) is 2.70. The average Bonchev–Trinajstić information content (AvgIpc) is 2.73. The van der Waals surface area contributed by atoms with Crippen molar-refractivity contribution in [3.05, 3.63) is 72.6 Å². The smallest absolute Gasteiger partial charge is 0.251 e. The number of amides is 1. The number of fused-ring (bicyclic) bond motifs is 1. The lowest BCUT2D eigenvalue weighted by Crippen LogP contribution is -2.17. The van der Waals surface area contributed by atoms with Crippen LogP contribution in [0.3, 0.4) is 0 Å². The molecular formula is C20H15N5O. The molecule has 0 unspecified atom stereocenters. The summed E-state index contributed by atoms with van der Waals surface area (Å²) in [6, 6.07) is 16.5. The second-order valence-electron chi connectivity index (χ2n) is 5.63. The largest absolute Gasteiger partial charge is 0.355 e. The molecule has 0 bridgehead atoms. The summed E-state index contributed by atoms with van der Waals surface area (Å²) in [4.78, 5) is 30.2. The van der Waals surface area contributed by atoms with Crippen LogP contribution >= 0.6 is 0 Å². The van der Waals surface area contributed by atoms with Gasteiger partial charge in [-0.15, -0.1) is 0 Å². The van der Waals surface area contributed by atoms with E-state index in [4.69, 9.17) is 9.97 Å². The summed E-state index contributed by atoms with van der Waals surface area (Å²) in [5.41, 5.74) is 4.57. The van der Waals surface area contributed by atoms with Crippen molar-refractivity contribution in [2.45, 2.75) is 0 Å². The normalized spacial score (nSPS) is 10.7. The van der Waals surface area contributed by atoms with Crippen LogP contribution in [-0.4, -0.2) is 32.9 Å². The molecule has 1 N–H and O–H groups in total. The molecule has 1 amide bonds. The van der Waals surface area contributed by atoms with Crippen molar-refractivity contribution in [3.8, 4) is 22.8 Å². The molecule has 6 heteroatoms. The van der Waals surface area contributed by atoms with E-state index in [1.807, 2.05) is 36.4 Å². The Hall–Kier alpha value is -3.67. The fraction of sp³-hybridized carbons (Fsp3) is 0.0500. The molecule has 0 atom stereocenters. The summed E-state index contributed by atoms with van der Waals surface area (Å²) in [7, 11) is 1.60. The molecule has 3 heterocycles. The summed E-state index contributed by atoms with van der Waals surface area (Å²) in [5, 5.41) is 2.62. The topological polar surface area (TPSA) is 80.7 Å². The first kappa shape index (κ1) is 15.8. The number of rotatable bonds is 3. The molecule has 6 nitrogen and oxygen atoms in total. The standard InChI is InChI=1S/C20H15N5O/c1-21-20(26)13-8-9-14-17(12-13)25-19(16-7-3-5-11-23-16)18(24-14)15-6-2-4-10-22-15/h2-12H,1H3,(H,21,26). The first-order chi connectivity index (χ1) is 12.8. The molecular weight excluding hydrogens is 326 g/mol. The number of nitrogens with one attached hydrogen (secondary N) is 1. The Labute approximate surface area is 150 Å². The summed E-state index contributed by atoms with van der Waals surface area (Å²) in [6.45, 7) is 0. The second-order valence-corrected chi connectivity index (χ2v) is 5.63. The van der Waals surface area contributed by atoms with E-state index in [1.165, 1.54) is 0 Å². The molecule has 0 spiro atoms. The van der Waals surface area contributed by atoms with Gasteiger partial charge in [0.05, 0.1) is 22.4 Å². The maximum absolute atomic E-state index is 11.9. The quantitative estimate of drug-likeness (QED) is 0.619. The predicted molar refractivity (Wildman–Crippen MR) is 99.4 cm³/mol. The molecule has 0 aliphatic carbocycles. The van der Waals surface area contributed by atoms with Crippen molar-refractivity contribution in [2.75, 3.05) is 7.05 Å². The monoisotopic (exact) mass is 341 g/mol. The van der Waals surface area contributed by atoms with E-state index in [1.54, 1.807) is 37.6 Å². The van der Waals surface area contributed by atoms with Crippen molar-refractivity contribution < 1.29 is 4.79 Å². The van der Waals surface area contributed by atoms with Gasteiger partial charge in [0.1, 0.15) is 11.4 Å². The van der Waals surface area contributed by atoms with Crippen LogP contribution in [0.4, 0.5) is 0 Å². The van der Waals surface area contributed by atoms with Crippen LogP contribution in [0.25, 0.3) is 33.8 Å². The van der Waals surface area contributed by atoms with Crippen molar-refractivity contribution in [1.82, 2.24) is 25.3 Å². The molecule has 4 aromatic rings. The van der Waals surface area contributed by atoms with Crippen LogP contribution < -0.4 is 5.32 Å². The first-order valence-corrected chi connectivity index (χ1v) is 8.13. The lowest BCUT2D eigenvalue weighted by Gasteiger charge is -2.10. The van der Waals surface area contributed by atoms with Gasteiger partial charge in [0.25, 0.3) is 5.91 Å². The number of hydrogen-bond acceptors (Lipinski definition) is 5. The fourth-order valence-corrected chi connectivity index (χ4v) is 2.70. The maximum Gasteiger partial charge on any atom is 0.251 e. The highest BCUT2D eigenvalue weighted by molar-refractivity contribution is 5.97. The number of pyridine rings is 2.